The van der Waals surface area contributed by atoms with E-state index in [1.54, 1.807) is 69.4 Å². The highest BCUT2D eigenvalue weighted by Gasteiger charge is 2.43. The lowest BCUT2D eigenvalue weighted by molar-refractivity contribution is -0.149. The summed E-state index contributed by atoms with van der Waals surface area (Å²) < 4.78 is 62.8. The lowest BCUT2D eigenvalue weighted by Gasteiger charge is -2.29. The number of aliphatic carboxylic acids is 2. The number of carbonyl (C=O) groups is 7. The highest BCUT2D eigenvalue weighted by molar-refractivity contribution is 14.1. The minimum Gasteiger partial charge on any atom is -0.481 e. The van der Waals surface area contributed by atoms with Crippen molar-refractivity contribution in [3.05, 3.63) is 176 Å². The Labute approximate surface area is 657 Å². The molecule has 0 spiro atoms. The number of rotatable bonds is 21. The van der Waals surface area contributed by atoms with Gasteiger partial charge in [0.15, 0.2) is 0 Å². The van der Waals surface area contributed by atoms with Crippen LogP contribution in [0.2, 0.25) is 0 Å². The number of amides is 3. The number of nitrogens with one attached hydrogen (secondary N) is 3. The molecule has 0 radical (unpaired) electrons. The maximum atomic E-state index is 12.7. The summed E-state index contributed by atoms with van der Waals surface area (Å²) in [5.74, 6) is -2.82. The van der Waals surface area contributed by atoms with Crippen LogP contribution in [0, 0.1) is 49.2 Å². The Balaban J connectivity index is 0.000000440. The molecule has 3 unspecified atom stereocenters. The molecule has 3 aromatic carbocycles. The first-order chi connectivity index (χ1) is 49.3. The molecule has 0 saturated heterocycles. The maximum Gasteiger partial charge on any atom is 0.417 e. The number of aromatic nitrogens is 3. The second kappa shape index (κ2) is 44.7. The molecule has 106 heavy (non-hydrogen) atoms. The first kappa shape index (κ1) is 94.5. The van der Waals surface area contributed by atoms with E-state index in [4.69, 9.17) is 35.3 Å². The third-order valence-electron chi connectivity index (χ3n) is 16.8. The van der Waals surface area contributed by atoms with E-state index in [0.717, 1.165) is 93.4 Å². The van der Waals surface area contributed by atoms with Gasteiger partial charge in [-0.1, -0.05) is 103 Å². The molecule has 2 aromatic heterocycles. The second-order valence-electron chi connectivity index (χ2n) is 27.5. The standard InChI is InChI=1S/C18H26N2O3.C17H25NO4.C16H22INO4.C8H7F3INO.C8H13N3O2.C7H9IN2O2/c1-13-4-6-14(7-5-13)12-15(16(21)22)20-17(23)18(10-11-19)8-2-3-9-18;1-6-21-15(19)14(18-16(20)22-17(3,4)5)11-13-9-7-12(2)8-10-13;1-5-21-14(19)13(18-15(20)22-16(2,3)4)10-11-6-8-12(17)9-7-11;1-4-3-5(8(9,10)11)6(12)7(14)13(4)2;9-11-10-6-5-8(7(12)13)3-1-2-4-8;1-4-5(8)6(11)10(3)7(12)9(4)2/h4-7,15H,2-3,8-12,19H2,1H3,(H,20,23)(H,21,22);7-10,14H,6,11H2,1-5H3,(H,18,20);6-9,13H,5,10H2,1-4H3,(H,18,20);3H,1-2H3;1-6H2,(H,12,13);1-3H3. The molecule has 32 heteroatoms. The average molecular weight is 1830 g/mol. The Bertz CT molecular complexity index is 3840. The zero-order valence-electron chi connectivity index (χ0n) is 62.9. The Morgan fingerprint density at radius 3 is 1.37 bits per heavy atom. The number of pyridine rings is 1. The Morgan fingerprint density at radius 2 is 1.00 bits per heavy atom. The largest absolute Gasteiger partial charge is 0.481 e. The number of aryl methyl sites for hydroxylation is 3. The molecular weight excluding hydrogens is 1720 g/mol. The van der Waals surface area contributed by atoms with Gasteiger partial charge < -0.3 is 55.4 Å². The quantitative estimate of drug-likeness (QED) is 0.00992. The number of halogens is 6. The van der Waals surface area contributed by atoms with Crippen LogP contribution in [0.1, 0.15) is 164 Å². The zero-order chi connectivity index (χ0) is 80.7. The van der Waals surface area contributed by atoms with Gasteiger partial charge >= 0.3 is 47.9 Å². The molecule has 26 nitrogen and oxygen atoms in total. The van der Waals surface area contributed by atoms with Gasteiger partial charge in [0.05, 0.1) is 36.7 Å². The van der Waals surface area contributed by atoms with Crippen LogP contribution < -0.4 is 38.5 Å². The number of alkyl halides is 3. The monoisotopic (exact) mass is 1820 g/mol. The summed E-state index contributed by atoms with van der Waals surface area (Å²) in [6, 6.07) is 21.8. The van der Waals surface area contributed by atoms with Crippen LogP contribution in [0.4, 0.5) is 22.8 Å². The predicted octanol–water partition coefficient (Wildman–Crippen LogP) is 12.9. The summed E-state index contributed by atoms with van der Waals surface area (Å²) in [7, 11) is 4.57. The van der Waals surface area contributed by atoms with Crippen LogP contribution in [0.25, 0.3) is 10.4 Å². The number of nitrogens with zero attached hydrogens (tertiary/aromatic N) is 6. The van der Waals surface area contributed by atoms with Gasteiger partial charge in [0.1, 0.15) is 29.3 Å². The van der Waals surface area contributed by atoms with E-state index in [2.05, 4.69) is 48.6 Å². The van der Waals surface area contributed by atoms with E-state index < -0.39 is 93.5 Å². The Kier molecular flexibility index (Phi) is 39.8. The highest BCUT2D eigenvalue weighted by Crippen LogP contribution is 2.42. The lowest BCUT2D eigenvalue weighted by Crippen LogP contribution is -2.49. The molecule has 586 valence electrons. The SMILES string of the molecule is CCOC(=O)C(Cc1ccc(C)cc1)NC(=O)OC(C)(C)C.CCOC(=O)C(Cc1ccc(I)cc1)NC(=O)OC(C)(C)C.Cc1c(I)c(=O)n(C)c(=O)n1C.Cc1cc(C(F)(F)F)c(I)c(=O)n1C.Cc1ccc(CC(NC(=O)C2(CCN)CCCC2)C(=O)O)cc1.[N-]=[N+]=NCCC1(C(=O)O)CCCC1. The topological polar surface area (TPSA) is 374 Å². The molecule has 2 saturated carbocycles. The first-order valence-electron chi connectivity index (χ1n) is 34.3. The fourth-order valence-electron chi connectivity index (χ4n) is 10.8. The second-order valence-corrected chi connectivity index (χ2v) is 30.9. The van der Waals surface area contributed by atoms with Crippen LogP contribution in [-0.2, 0) is 89.5 Å². The molecule has 2 aliphatic carbocycles. The molecule has 3 atom stereocenters. The molecule has 7 N–H and O–H groups in total. The number of azide groups is 1. The van der Waals surface area contributed by atoms with E-state index in [1.807, 2.05) is 109 Å². The first-order valence-corrected chi connectivity index (χ1v) is 37.6. The summed E-state index contributed by atoms with van der Waals surface area (Å²) in [5.41, 5.74) is 15.5. The fraction of sp³-hybridized carbons (Fsp3) is 0.541. The van der Waals surface area contributed by atoms with E-state index in [1.165, 1.54) is 52.7 Å². The maximum absolute atomic E-state index is 12.7. The van der Waals surface area contributed by atoms with Gasteiger partial charge in [-0.2, -0.15) is 13.2 Å². The minimum atomic E-state index is -4.46. The number of carboxylic acid groups (broad SMARTS) is 2. The summed E-state index contributed by atoms with van der Waals surface area (Å²) in [4.78, 5) is 120. The Hall–Kier alpha value is -7.57. The van der Waals surface area contributed by atoms with Gasteiger partial charge in [0, 0.05) is 66.8 Å². The molecule has 2 aliphatic rings. The Morgan fingerprint density at radius 1 is 0.604 bits per heavy atom. The van der Waals surface area contributed by atoms with Crippen molar-refractivity contribution in [2.75, 3.05) is 26.3 Å². The van der Waals surface area contributed by atoms with Crippen LogP contribution >= 0.6 is 67.8 Å². The van der Waals surface area contributed by atoms with E-state index >= 15 is 0 Å². The zero-order valence-corrected chi connectivity index (χ0v) is 69.4. The normalized spacial score (nSPS) is 14.1. The number of ether oxygens (including phenoxy) is 4. The van der Waals surface area contributed by atoms with Crippen molar-refractivity contribution in [2.24, 2.45) is 42.8 Å². The average Bonchev–Trinajstić information content (AvgIpc) is 1.46. The molecule has 2 heterocycles. The summed E-state index contributed by atoms with van der Waals surface area (Å²) in [6.07, 6.45) is 3.39. The minimum absolute atomic E-state index is 0.153. The number of carbonyl (C=O) groups excluding carboxylic acids is 5. The van der Waals surface area contributed by atoms with Gasteiger partial charge in [0.2, 0.25) is 5.91 Å². The molecular formula is C74H102F3I3N10O16. The van der Waals surface area contributed by atoms with Crippen LogP contribution in [0.15, 0.2) is 98.4 Å². The van der Waals surface area contributed by atoms with E-state index in [-0.39, 0.29) is 33.9 Å². The van der Waals surface area contributed by atoms with Crippen LogP contribution in [0.3, 0.4) is 0 Å². The van der Waals surface area contributed by atoms with Crippen molar-refractivity contribution in [3.8, 4) is 0 Å². The molecule has 0 bridgehead atoms. The molecule has 2 fully saturated rings. The van der Waals surface area contributed by atoms with Crippen molar-refractivity contribution in [3.63, 3.8) is 0 Å². The van der Waals surface area contributed by atoms with E-state index in [9.17, 15) is 66.2 Å². The molecule has 0 aliphatic heterocycles. The van der Waals surface area contributed by atoms with Gasteiger partial charge in [-0.05, 0) is 236 Å². The number of esters is 2. The van der Waals surface area contributed by atoms with Crippen molar-refractivity contribution < 1.29 is 75.9 Å². The number of nitrogens with two attached hydrogens (primary N) is 1. The predicted molar refractivity (Wildman–Crippen MR) is 422 cm³/mol. The van der Waals surface area contributed by atoms with Gasteiger partial charge in [-0.15, -0.1) is 0 Å². The van der Waals surface area contributed by atoms with Gasteiger partial charge in [-0.3, -0.25) is 28.3 Å². The summed E-state index contributed by atoms with van der Waals surface area (Å²) >= 11 is 5.57. The van der Waals surface area contributed by atoms with Crippen molar-refractivity contribution in [1.82, 2.24) is 29.7 Å². The fourth-order valence-corrected chi connectivity index (χ4v) is 12.7. The highest BCUT2D eigenvalue weighted by atomic mass is 127. The van der Waals surface area contributed by atoms with Crippen molar-refractivity contribution >= 4 is 110 Å². The number of hydrogen-bond acceptors (Lipinski definition) is 16. The number of carboxylic acids is 2. The van der Waals surface area contributed by atoms with Crippen LogP contribution in [0.5, 0.6) is 0 Å². The van der Waals surface area contributed by atoms with Crippen LogP contribution in [-0.4, -0.2) is 122 Å². The van der Waals surface area contributed by atoms with Crippen molar-refractivity contribution in [2.45, 2.75) is 202 Å². The molecule has 3 amide bonds. The number of hydrogen-bond donors (Lipinski definition) is 6. The molecule has 5 aromatic rings. The summed E-state index contributed by atoms with van der Waals surface area (Å²) in [5, 5.41) is 29.8. The molecule has 7 rings (SSSR count). The van der Waals surface area contributed by atoms with E-state index in [0.29, 0.717) is 60.2 Å². The van der Waals surface area contributed by atoms with Crippen molar-refractivity contribution in [1.29, 1.82) is 0 Å². The van der Waals surface area contributed by atoms with Gasteiger partial charge in [-0.25, -0.2) is 28.8 Å². The number of alkyl carbamates (subject to hydrolysis) is 2. The third-order valence-corrected chi connectivity index (χ3v) is 19.8. The lowest BCUT2D eigenvalue weighted by atomic mass is 9.81. The summed E-state index contributed by atoms with van der Waals surface area (Å²) in [6.45, 7) is 22.5. The number of benzene rings is 3. The van der Waals surface area contributed by atoms with Gasteiger partial charge in [0.25, 0.3) is 11.1 Å². The third kappa shape index (κ3) is 32.5. The smallest absolute Gasteiger partial charge is 0.417 e.